The number of hydrogen-bond donors (Lipinski definition) is 1. The normalized spacial score (nSPS) is 10.6. The van der Waals surface area contributed by atoms with Crippen molar-refractivity contribution in [3.05, 3.63) is 28.0 Å². The van der Waals surface area contributed by atoms with E-state index >= 15 is 0 Å². The summed E-state index contributed by atoms with van der Waals surface area (Å²) in [5, 5.41) is 8.53. The fourth-order valence-electron chi connectivity index (χ4n) is 1.20. The lowest BCUT2D eigenvalue weighted by Crippen LogP contribution is -1.97. The molecule has 0 fully saturated rings. The van der Waals surface area contributed by atoms with Gasteiger partial charge < -0.3 is 9.52 Å². The van der Waals surface area contributed by atoms with Crippen molar-refractivity contribution in [2.75, 3.05) is 0 Å². The van der Waals surface area contributed by atoms with E-state index in [9.17, 15) is 4.79 Å². The van der Waals surface area contributed by atoms with Crippen molar-refractivity contribution in [2.45, 2.75) is 12.8 Å². The van der Waals surface area contributed by atoms with Gasteiger partial charge in [-0.25, -0.2) is 4.98 Å². The highest BCUT2D eigenvalue weighted by molar-refractivity contribution is 9.11. The highest BCUT2D eigenvalue weighted by atomic mass is 79.9. The van der Waals surface area contributed by atoms with Gasteiger partial charge in [0.25, 0.3) is 0 Å². The van der Waals surface area contributed by atoms with Crippen LogP contribution >= 0.6 is 27.3 Å². The van der Waals surface area contributed by atoms with Gasteiger partial charge in [-0.1, -0.05) is 0 Å². The average molecular weight is 302 g/mol. The molecule has 0 aromatic carbocycles. The zero-order valence-electron chi connectivity index (χ0n) is 8.14. The number of nitrogens with zero attached hydrogens (tertiary/aromatic N) is 1. The van der Waals surface area contributed by atoms with Crippen molar-refractivity contribution in [3.63, 3.8) is 0 Å². The average Bonchev–Trinajstić information content (AvgIpc) is 2.83. The van der Waals surface area contributed by atoms with Crippen molar-refractivity contribution in [3.8, 4) is 10.6 Å². The van der Waals surface area contributed by atoms with E-state index in [2.05, 4.69) is 20.9 Å². The minimum atomic E-state index is -0.849. The van der Waals surface area contributed by atoms with Gasteiger partial charge >= 0.3 is 5.97 Å². The number of hydrogen-bond acceptors (Lipinski definition) is 4. The minimum absolute atomic E-state index is 0.0358. The molecule has 84 valence electrons. The van der Waals surface area contributed by atoms with Crippen LogP contribution < -0.4 is 0 Å². The molecule has 0 aliphatic carbocycles. The van der Waals surface area contributed by atoms with Crippen LogP contribution in [0.1, 0.15) is 12.3 Å². The monoisotopic (exact) mass is 301 g/mol. The van der Waals surface area contributed by atoms with Gasteiger partial charge in [0.2, 0.25) is 0 Å². The van der Waals surface area contributed by atoms with Gasteiger partial charge in [0.15, 0.2) is 11.7 Å². The number of carbonyl (C=O) groups is 1. The van der Waals surface area contributed by atoms with E-state index in [1.807, 2.05) is 12.1 Å². The van der Waals surface area contributed by atoms with E-state index in [1.54, 1.807) is 17.5 Å². The number of oxazole rings is 1. The van der Waals surface area contributed by atoms with Gasteiger partial charge in [0.05, 0.1) is 21.3 Å². The summed E-state index contributed by atoms with van der Waals surface area (Å²) in [4.78, 5) is 15.4. The van der Waals surface area contributed by atoms with E-state index in [4.69, 9.17) is 9.52 Å². The molecule has 0 unspecified atom stereocenters. The molecule has 0 aliphatic heterocycles. The number of aliphatic carboxylic acids is 1. The summed E-state index contributed by atoms with van der Waals surface area (Å²) < 4.78 is 6.47. The second kappa shape index (κ2) is 4.80. The van der Waals surface area contributed by atoms with Crippen molar-refractivity contribution >= 4 is 33.2 Å². The van der Waals surface area contributed by atoms with Gasteiger partial charge in [-0.15, -0.1) is 11.3 Å². The highest BCUT2D eigenvalue weighted by Crippen LogP contribution is 2.31. The largest absolute Gasteiger partial charge is 0.481 e. The van der Waals surface area contributed by atoms with Crippen LogP contribution in [0.4, 0.5) is 0 Å². The van der Waals surface area contributed by atoms with Crippen molar-refractivity contribution in [1.29, 1.82) is 0 Å². The van der Waals surface area contributed by atoms with Gasteiger partial charge in [-0.2, -0.15) is 0 Å². The molecule has 4 nitrogen and oxygen atoms in total. The first-order valence-electron chi connectivity index (χ1n) is 4.57. The van der Waals surface area contributed by atoms with Gasteiger partial charge in [-0.05, 0) is 28.1 Å². The Labute approximate surface area is 104 Å². The van der Waals surface area contributed by atoms with Crippen molar-refractivity contribution < 1.29 is 14.3 Å². The topological polar surface area (TPSA) is 63.3 Å². The Hall–Kier alpha value is -1.14. The molecule has 0 radical (unpaired) electrons. The number of thiophene rings is 1. The van der Waals surface area contributed by atoms with Crippen LogP contribution in [0.15, 0.2) is 26.5 Å². The van der Waals surface area contributed by atoms with E-state index < -0.39 is 5.97 Å². The Kier molecular flexibility index (Phi) is 3.40. The Balaban J connectivity index is 2.10. The van der Waals surface area contributed by atoms with Gasteiger partial charge in [-0.3, -0.25) is 4.79 Å². The molecule has 0 aliphatic rings. The molecule has 0 saturated heterocycles. The molecule has 0 amide bonds. The Morgan fingerprint density at radius 1 is 1.56 bits per heavy atom. The predicted octanol–water partition coefficient (Wildman–Crippen LogP) is 3.18. The number of aromatic nitrogens is 1. The summed E-state index contributed by atoms with van der Waals surface area (Å²) in [6.45, 7) is 0. The molecule has 0 saturated carbocycles. The summed E-state index contributed by atoms with van der Waals surface area (Å²) in [7, 11) is 0. The maximum absolute atomic E-state index is 10.4. The molecular formula is C10H8BrNO3S. The molecule has 0 spiro atoms. The summed E-state index contributed by atoms with van der Waals surface area (Å²) in [5.41, 5.74) is 0. The molecule has 2 rings (SSSR count). The highest BCUT2D eigenvalue weighted by Gasteiger charge is 2.09. The Bertz CT molecular complexity index is 506. The van der Waals surface area contributed by atoms with Crippen LogP contribution in [0.5, 0.6) is 0 Å². The first-order valence-corrected chi connectivity index (χ1v) is 6.18. The summed E-state index contributed by atoms with van der Waals surface area (Å²) in [6, 6.07) is 3.86. The van der Waals surface area contributed by atoms with Crippen molar-refractivity contribution in [2.24, 2.45) is 0 Å². The number of carboxylic acid groups (broad SMARTS) is 1. The van der Waals surface area contributed by atoms with E-state index in [1.165, 1.54) is 0 Å². The molecule has 0 bridgehead atoms. The number of rotatable bonds is 4. The van der Waals surface area contributed by atoms with Crippen LogP contribution in [0.2, 0.25) is 0 Å². The van der Waals surface area contributed by atoms with Crippen LogP contribution in [0.3, 0.4) is 0 Å². The third kappa shape index (κ3) is 2.70. The third-order valence-corrected chi connectivity index (χ3v) is 3.56. The Morgan fingerprint density at radius 3 is 3.00 bits per heavy atom. The van der Waals surface area contributed by atoms with Crippen LogP contribution in [0.25, 0.3) is 10.6 Å². The quantitative estimate of drug-likeness (QED) is 0.942. The van der Waals surface area contributed by atoms with Crippen LogP contribution in [-0.4, -0.2) is 16.1 Å². The zero-order chi connectivity index (χ0) is 11.5. The fourth-order valence-corrected chi connectivity index (χ4v) is 2.53. The molecule has 2 aromatic heterocycles. The minimum Gasteiger partial charge on any atom is -0.481 e. The summed E-state index contributed by atoms with van der Waals surface area (Å²) in [6.07, 6.45) is 1.98. The molecule has 1 N–H and O–H groups in total. The zero-order valence-corrected chi connectivity index (χ0v) is 10.5. The maximum Gasteiger partial charge on any atom is 0.303 e. The fraction of sp³-hybridized carbons (Fsp3) is 0.200. The standard InChI is InChI=1S/C10H8BrNO3S/c11-8-2-1-7(16-8)6-5-12-9(15-6)3-4-10(13)14/h1-2,5H,3-4H2,(H,13,14). The summed E-state index contributed by atoms with van der Waals surface area (Å²) >= 11 is 4.91. The first kappa shape index (κ1) is 11.3. The molecule has 16 heavy (non-hydrogen) atoms. The Morgan fingerprint density at radius 2 is 2.38 bits per heavy atom. The number of carboxylic acids is 1. The number of aryl methyl sites for hydroxylation is 1. The van der Waals surface area contributed by atoms with Gasteiger partial charge in [0, 0.05) is 6.42 Å². The molecule has 2 aromatic rings. The van der Waals surface area contributed by atoms with E-state index in [-0.39, 0.29) is 6.42 Å². The number of halogens is 1. The summed E-state index contributed by atoms with van der Waals surface area (Å²) in [5.74, 6) is 0.289. The predicted molar refractivity (Wildman–Crippen MR) is 63.5 cm³/mol. The second-order valence-electron chi connectivity index (χ2n) is 3.12. The van der Waals surface area contributed by atoms with Crippen LogP contribution in [0, 0.1) is 0 Å². The molecule has 0 atom stereocenters. The lowest BCUT2D eigenvalue weighted by Gasteiger charge is -1.91. The second-order valence-corrected chi connectivity index (χ2v) is 5.58. The maximum atomic E-state index is 10.4. The SMILES string of the molecule is O=C(O)CCc1ncc(-c2ccc(Br)s2)o1. The lowest BCUT2D eigenvalue weighted by atomic mass is 10.3. The van der Waals surface area contributed by atoms with E-state index in [0.29, 0.717) is 18.1 Å². The van der Waals surface area contributed by atoms with Crippen molar-refractivity contribution in [1.82, 2.24) is 4.98 Å². The van der Waals surface area contributed by atoms with Gasteiger partial charge in [0.1, 0.15) is 0 Å². The lowest BCUT2D eigenvalue weighted by molar-refractivity contribution is -0.137. The van der Waals surface area contributed by atoms with E-state index in [0.717, 1.165) is 8.66 Å². The van der Waals surface area contributed by atoms with Crippen LogP contribution in [-0.2, 0) is 11.2 Å². The smallest absolute Gasteiger partial charge is 0.303 e. The molecule has 6 heteroatoms. The first-order chi connectivity index (χ1) is 7.65. The molecular weight excluding hydrogens is 294 g/mol. The third-order valence-electron chi connectivity index (χ3n) is 1.92. The molecule has 2 heterocycles.